The molecule has 1 fully saturated rings. The first-order valence-corrected chi connectivity index (χ1v) is 6.51. The van der Waals surface area contributed by atoms with Crippen LogP contribution in [0.3, 0.4) is 0 Å². The highest BCUT2D eigenvalue weighted by molar-refractivity contribution is 5.02. The lowest BCUT2D eigenvalue weighted by Gasteiger charge is -2.29. The molecule has 1 atom stereocenters. The fraction of sp³-hybridized carbons (Fsp3) is 0.833. The smallest absolute Gasteiger partial charge is 0.0996 e. The van der Waals surface area contributed by atoms with Crippen LogP contribution < -0.4 is 5.32 Å². The van der Waals surface area contributed by atoms with Crippen LogP contribution in [0.2, 0.25) is 0 Å². The van der Waals surface area contributed by atoms with Crippen molar-refractivity contribution >= 4 is 0 Å². The highest BCUT2D eigenvalue weighted by atomic mass is 15.3. The van der Waals surface area contributed by atoms with Crippen molar-refractivity contribution in [2.45, 2.75) is 51.5 Å². The molecule has 1 unspecified atom stereocenters. The minimum absolute atomic E-state index is 0.402. The predicted octanol–water partition coefficient (Wildman–Crippen LogP) is 2.43. The molecule has 4 heteroatoms. The van der Waals surface area contributed by atoms with Gasteiger partial charge in [0, 0.05) is 0 Å². The molecule has 2 N–H and O–H groups in total. The second-order valence-corrected chi connectivity index (χ2v) is 4.72. The van der Waals surface area contributed by atoms with Crippen molar-refractivity contribution in [1.82, 2.24) is 20.7 Å². The van der Waals surface area contributed by atoms with E-state index in [1.807, 2.05) is 6.20 Å². The van der Waals surface area contributed by atoms with Crippen molar-refractivity contribution < 1.29 is 0 Å². The molecule has 1 aromatic rings. The van der Waals surface area contributed by atoms with E-state index in [4.69, 9.17) is 0 Å². The highest BCUT2D eigenvalue weighted by Crippen LogP contribution is 2.33. The van der Waals surface area contributed by atoms with Crippen molar-refractivity contribution in [3.63, 3.8) is 0 Å². The first-order valence-electron chi connectivity index (χ1n) is 6.51. The molecule has 0 spiro atoms. The predicted molar refractivity (Wildman–Crippen MR) is 64.0 cm³/mol. The normalized spacial score (nSPS) is 19.8. The summed E-state index contributed by atoms with van der Waals surface area (Å²) in [6.07, 6.45) is 9.82. The topological polar surface area (TPSA) is 53.6 Å². The van der Waals surface area contributed by atoms with E-state index in [0.717, 1.165) is 18.2 Å². The molecule has 1 heterocycles. The summed E-state index contributed by atoms with van der Waals surface area (Å²) in [5, 5.41) is 14.5. The summed E-state index contributed by atoms with van der Waals surface area (Å²) >= 11 is 0. The summed E-state index contributed by atoms with van der Waals surface area (Å²) in [7, 11) is 0. The molecule has 16 heavy (non-hydrogen) atoms. The quantitative estimate of drug-likeness (QED) is 0.804. The molecule has 1 saturated carbocycles. The van der Waals surface area contributed by atoms with Gasteiger partial charge in [-0.3, -0.25) is 0 Å². The van der Waals surface area contributed by atoms with E-state index in [9.17, 15) is 0 Å². The summed E-state index contributed by atoms with van der Waals surface area (Å²) in [4.78, 5) is 0. The second kappa shape index (κ2) is 5.99. The molecule has 0 amide bonds. The molecular formula is C12H22N4. The molecule has 0 aliphatic heterocycles. The molecule has 0 aromatic carbocycles. The molecule has 1 aliphatic carbocycles. The van der Waals surface area contributed by atoms with Gasteiger partial charge in [0.1, 0.15) is 0 Å². The Balaban J connectivity index is 2.01. The molecule has 4 nitrogen and oxygen atoms in total. The van der Waals surface area contributed by atoms with Crippen LogP contribution >= 0.6 is 0 Å². The van der Waals surface area contributed by atoms with E-state index in [2.05, 4.69) is 27.7 Å². The van der Waals surface area contributed by atoms with Gasteiger partial charge in [-0.2, -0.15) is 15.4 Å². The number of hydrogen-bond acceptors (Lipinski definition) is 3. The Kier molecular flexibility index (Phi) is 4.34. The fourth-order valence-corrected chi connectivity index (χ4v) is 2.64. The van der Waals surface area contributed by atoms with Crippen LogP contribution in [0.1, 0.15) is 57.2 Å². The van der Waals surface area contributed by atoms with Crippen molar-refractivity contribution in [3.05, 3.63) is 11.9 Å². The van der Waals surface area contributed by atoms with Gasteiger partial charge in [-0.25, -0.2) is 0 Å². The summed E-state index contributed by atoms with van der Waals surface area (Å²) in [6.45, 7) is 3.27. The van der Waals surface area contributed by atoms with Gasteiger partial charge in [0.25, 0.3) is 0 Å². The molecule has 90 valence electrons. The zero-order chi connectivity index (χ0) is 11.2. The summed E-state index contributed by atoms with van der Waals surface area (Å²) < 4.78 is 0. The van der Waals surface area contributed by atoms with Crippen LogP contribution in [0, 0.1) is 5.92 Å². The third-order valence-corrected chi connectivity index (χ3v) is 3.49. The maximum Gasteiger partial charge on any atom is 0.0996 e. The molecule has 0 radical (unpaired) electrons. The van der Waals surface area contributed by atoms with Crippen LogP contribution in [0.5, 0.6) is 0 Å². The summed E-state index contributed by atoms with van der Waals surface area (Å²) in [5.41, 5.74) is 1.08. The van der Waals surface area contributed by atoms with E-state index in [0.29, 0.717) is 6.04 Å². The van der Waals surface area contributed by atoms with Crippen LogP contribution in [0.25, 0.3) is 0 Å². The Morgan fingerprint density at radius 1 is 1.44 bits per heavy atom. The van der Waals surface area contributed by atoms with Crippen LogP contribution in [-0.4, -0.2) is 22.0 Å². The standard InChI is InChI=1S/C12H22N4/c1-2-8-13-12(11-9-14-16-15-11)10-6-4-3-5-7-10/h9-10,12-13H,2-8H2,1H3,(H,14,15,16). The molecule has 1 aromatic heterocycles. The largest absolute Gasteiger partial charge is 0.308 e. The van der Waals surface area contributed by atoms with Gasteiger partial charge in [0.2, 0.25) is 0 Å². The number of nitrogens with one attached hydrogen (secondary N) is 2. The van der Waals surface area contributed by atoms with E-state index in [1.165, 1.54) is 38.5 Å². The number of hydrogen-bond donors (Lipinski definition) is 2. The van der Waals surface area contributed by atoms with Crippen molar-refractivity contribution in [3.8, 4) is 0 Å². The second-order valence-electron chi connectivity index (χ2n) is 4.72. The van der Waals surface area contributed by atoms with Gasteiger partial charge >= 0.3 is 0 Å². The Morgan fingerprint density at radius 3 is 2.88 bits per heavy atom. The van der Waals surface area contributed by atoms with Gasteiger partial charge in [0.05, 0.1) is 17.9 Å². The van der Waals surface area contributed by atoms with E-state index >= 15 is 0 Å². The monoisotopic (exact) mass is 222 g/mol. The highest BCUT2D eigenvalue weighted by Gasteiger charge is 2.26. The molecular weight excluding hydrogens is 200 g/mol. The van der Waals surface area contributed by atoms with Gasteiger partial charge in [-0.15, -0.1) is 0 Å². The lowest BCUT2D eigenvalue weighted by atomic mass is 9.83. The molecule has 1 aliphatic rings. The SMILES string of the molecule is CCCNC(c1cn[nH]n1)C1CCCCC1. The first-order chi connectivity index (χ1) is 7.92. The average Bonchev–Trinajstić information content (AvgIpc) is 2.85. The van der Waals surface area contributed by atoms with E-state index < -0.39 is 0 Å². The molecule has 0 bridgehead atoms. The third kappa shape index (κ3) is 2.82. The van der Waals surface area contributed by atoms with Gasteiger partial charge < -0.3 is 5.32 Å². The maximum absolute atomic E-state index is 4.25. The Morgan fingerprint density at radius 2 is 2.25 bits per heavy atom. The van der Waals surface area contributed by atoms with Crippen molar-refractivity contribution in [1.29, 1.82) is 0 Å². The number of aromatic nitrogens is 3. The number of aromatic amines is 1. The summed E-state index contributed by atoms with van der Waals surface area (Å²) in [6, 6.07) is 0.402. The fourth-order valence-electron chi connectivity index (χ4n) is 2.64. The Labute approximate surface area is 97.2 Å². The van der Waals surface area contributed by atoms with Gasteiger partial charge in [0.15, 0.2) is 0 Å². The van der Waals surface area contributed by atoms with Crippen LogP contribution in [0.15, 0.2) is 6.20 Å². The Bertz CT molecular complexity index is 277. The zero-order valence-corrected chi connectivity index (χ0v) is 10.1. The maximum atomic E-state index is 4.25. The van der Waals surface area contributed by atoms with Crippen molar-refractivity contribution in [2.75, 3.05) is 6.54 Å². The number of nitrogens with zero attached hydrogens (tertiary/aromatic N) is 2. The summed E-state index contributed by atoms with van der Waals surface area (Å²) in [5.74, 6) is 0.741. The van der Waals surface area contributed by atoms with E-state index in [1.54, 1.807) is 0 Å². The lowest BCUT2D eigenvalue weighted by Crippen LogP contribution is -2.30. The molecule has 0 saturated heterocycles. The van der Waals surface area contributed by atoms with Crippen molar-refractivity contribution in [2.24, 2.45) is 5.92 Å². The number of H-pyrrole nitrogens is 1. The Hall–Kier alpha value is -0.900. The minimum Gasteiger partial charge on any atom is -0.308 e. The first kappa shape index (κ1) is 11.6. The van der Waals surface area contributed by atoms with Gasteiger partial charge in [-0.1, -0.05) is 26.2 Å². The minimum atomic E-state index is 0.402. The van der Waals surface area contributed by atoms with Crippen LogP contribution in [0.4, 0.5) is 0 Å². The van der Waals surface area contributed by atoms with Gasteiger partial charge in [-0.05, 0) is 31.7 Å². The third-order valence-electron chi connectivity index (χ3n) is 3.49. The average molecular weight is 222 g/mol. The van der Waals surface area contributed by atoms with E-state index in [-0.39, 0.29) is 0 Å². The van der Waals surface area contributed by atoms with Crippen LogP contribution in [-0.2, 0) is 0 Å². The lowest BCUT2D eigenvalue weighted by molar-refractivity contribution is 0.268. The number of rotatable bonds is 5. The molecule has 2 rings (SSSR count). The zero-order valence-electron chi connectivity index (χ0n) is 10.1.